The van der Waals surface area contributed by atoms with Gasteiger partial charge in [-0.05, 0) is 25.9 Å². The highest BCUT2D eigenvalue weighted by Crippen LogP contribution is 2.08. The largest absolute Gasteiger partial charge is 0.480 e. The Balaban J connectivity index is 2.25. The van der Waals surface area contributed by atoms with Gasteiger partial charge in [-0.3, -0.25) is 4.79 Å². The first-order valence-corrected chi connectivity index (χ1v) is 5.60. The number of carboxylic acid groups (broad SMARTS) is 1. The van der Waals surface area contributed by atoms with Gasteiger partial charge >= 0.3 is 12.0 Å². The van der Waals surface area contributed by atoms with Gasteiger partial charge in [0.1, 0.15) is 6.54 Å². The smallest absolute Gasteiger partial charge is 0.323 e. The minimum atomic E-state index is -1.03. The second-order valence-corrected chi connectivity index (χ2v) is 3.95. The first kappa shape index (κ1) is 12.8. The first-order valence-electron chi connectivity index (χ1n) is 5.60. The average Bonchev–Trinajstić information content (AvgIpc) is 2.26. The molecule has 1 heterocycles. The number of nitrogens with zero attached hydrogens (tertiary/aromatic N) is 1. The van der Waals surface area contributed by atoms with Crippen LogP contribution in [0.5, 0.6) is 0 Å². The molecule has 0 saturated carbocycles. The van der Waals surface area contributed by atoms with Crippen LogP contribution < -0.4 is 10.6 Å². The maximum Gasteiger partial charge on any atom is 0.323 e. The Bertz CT molecular complexity index is 258. The van der Waals surface area contributed by atoms with Crippen molar-refractivity contribution in [2.75, 3.05) is 26.2 Å². The molecule has 2 amide bonds. The summed E-state index contributed by atoms with van der Waals surface area (Å²) in [5.74, 6) is -1.03. The van der Waals surface area contributed by atoms with E-state index in [2.05, 4.69) is 22.5 Å². The number of amides is 2. The number of aliphatic carboxylic acids is 1. The van der Waals surface area contributed by atoms with E-state index in [9.17, 15) is 9.59 Å². The minimum Gasteiger partial charge on any atom is -0.480 e. The van der Waals surface area contributed by atoms with Gasteiger partial charge in [-0.25, -0.2) is 4.79 Å². The van der Waals surface area contributed by atoms with Crippen molar-refractivity contribution in [1.82, 2.24) is 15.5 Å². The highest BCUT2D eigenvalue weighted by atomic mass is 16.4. The number of carbonyl (C=O) groups excluding carboxylic acids is 1. The van der Waals surface area contributed by atoms with E-state index in [1.165, 1.54) is 0 Å². The van der Waals surface area contributed by atoms with Crippen molar-refractivity contribution < 1.29 is 14.7 Å². The van der Waals surface area contributed by atoms with Gasteiger partial charge in [-0.15, -0.1) is 0 Å². The van der Waals surface area contributed by atoms with Crippen LogP contribution in [0.3, 0.4) is 0 Å². The molecule has 1 unspecified atom stereocenters. The van der Waals surface area contributed by atoms with E-state index in [4.69, 9.17) is 5.11 Å². The Morgan fingerprint density at radius 1 is 1.50 bits per heavy atom. The molecule has 3 N–H and O–H groups in total. The minimum absolute atomic E-state index is 0.127. The first-order chi connectivity index (χ1) is 7.61. The summed E-state index contributed by atoms with van der Waals surface area (Å²) < 4.78 is 0. The summed E-state index contributed by atoms with van der Waals surface area (Å²) in [6.45, 7) is 4.65. The van der Waals surface area contributed by atoms with Gasteiger partial charge in [0.25, 0.3) is 0 Å². The van der Waals surface area contributed by atoms with Crippen molar-refractivity contribution >= 4 is 12.0 Å². The molecule has 6 nitrogen and oxygen atoms in total. The van der Waals surface area contributed by atoms with Crippen LogP contribution in [0.1, 0.15) is 19.8 Å². The molecule has 0 radical (unpaired) electrons. The van der Waals surface area contributed by atoms with Gasteiger partial charge in [-0.2, -0.15) is 0 Å². The second-order valence-electron chi connectivity index (χ2n) is 3.95. The van der Waals surface area contributed by atoms with Crippen LogP contribution in [0.2, 0.25) is 0 Å². The van der Waals surface area contributed by atoms with Crippen LogP contribution in [0, 0.1) is 0 Å². The lowest BCUT2D eigenvalue weighted by atomic mass is 10.1. The number of urea groups is 1. The van der Waals surface area contributed by atoms with E-state index in [0.717, 1.165) is 32.5 Å². The van der Waals surface area contributed by atoms with Crippen molar-refractivity contribution in [3.63, 3.8) is 0 Å². The summed E-state index contributed by atoms with van der Waals surface area (Å²) in [5.41, 5.74) is 0. The molecule has 1 fully saturated rings. The quantitative estimate of drug-likeness (QED) is 0.626. The molecule has 1 aliphatic heterocycles. The number of carboxylic acids is 1. The molecule has 92 valence electrons. The zero-order chi connectivity index (χ0) is 12.0. The summed E-state index contributed by atoms with van der Waals surface area (Å²) in [6, 6.07) is -0.271. The highest BCUT2D eigenvalue weighted by molar-refractivity contribution is 5.79. The third kappa shape index (κ3) is 4.48. The van der Waals surface area contributed by atoms with Crippen molar-refractivity contribution in [3.05, 3.63) is 0 Å². The maximum absolute atomic E-state index is 11.3. The van der Waals surface area contributed by atoms with Crippen LogP contribution in [-0.4, -0.2) is 54.2 Å². The Hall–Kier alpha value is -1.30. The number of piperidine rings is 1. The summed E-state index contributed by atoms with van der Waals surface area (Å²) >= 11 is 0. The Morgan fingerprint density at radius 3 is 2.88 bits per heavy atom. The second kappa shape index (κ2) is 6.32. The monoisotopic (exact) mass is 229 g/mol. The van der Waals surface area contributed by atoms with Crippen molar-refractivity contribution in [3.8, 4) is 0 Å². The van der Waals surface area contributed by atoms with Crippen molar-refractivity contribution in [2.45, 2.75) is 25.8 Å². The number of carbonyl (C=O) groups is 2. The molecule has 1 rings (SSSR count). The van der Waals surface area contributed by atoms with Crippen molar-refractivity contribution in [2.24, 2.45) is 0 Å². The van der Waals surface area contributed by atoms with Gasteiger partial charge in [-0.1, -0.05) is 6.92 Å². The van der Waals surface area contributed by atoms with Crippen LogP contribution in [-0.2, 0) is 4.79 Å². The molecule has 1 atom stereocenters. The Morgan fingerprint density at radius 2 is 2.25 bits per heavy atom. The molecule has 0 aliphatic carbocycles. The molecule has 16 heavy (non-hydrogen) atoms. The lowest BCUT2D eigenvalue weighted by molar-refractivity contribution is -0.135. The van der Waals surface area contributed by atoms with E-state index in [0.29, 0.717) is 0 Å². The van der Waals surface area contributed by atoms with Gasteiger partial charge < -0.3 is 20.6 Å². The number of hydrogen-bond acceptors (Lipinski definition) is 3. The molecule has 0 spiro atoms. The third-order valence-electron chi connectivity index (χ3n) is 2.69. The molecule has 0 bridgehead atoms. The Labute approximate surface area is 95.0 Å². The summed E-state index contributed by atoms with van der Waals surface area (Å²) in [7, 11) is 0. The fourth-order valence-electron chi connectivity index (χ4n) is 1.85. The SMILES string of the molecule is CCN1CCCC(NC(=O)NCC(=O)O)C1. The van der Waals surface area contributed by atoms with E-state index in [1.807, 2.05) is 0 Å². The molecule has 0 aromatic rings. The van der Waals surface area contributed by atoms with Crippen LogP contribution in [0.4, 0.5) is 4.79 Å². The molecule has 0 aromatic carbocycles. The third-order valence-corrected chi connectivity index (χ3v) is 2.69. The average molecular weight is 229 g/mol. The molecule has 0 aromatic heterocycles. The van der Waals surface area contributed by atoms with Gasteiger partial charge in [0.2, 0.25) is 0 Å². The standard InChI is InChI=1S/C10H19N3O3/c1-2-13-5-3-4-8(7-13)12-10(16)11-6-9(14)15/h8H,2-7H2,1H3,(H,14,15)(H2,11,12,16). The predicted molar refractivity (Wildman–Crippen MR) is 59.3 cm³/mol. The highest BCUT2D eigenvalue weighted by Gasteiger charge is 2.20. The Kier molecular flexibility index (Phi) is 5.04. The maximum atomic E-state index is 11.3. The van der Waals surface area contributed by atoms with E-state index in [1.54, 1.807) is 0 Å². The summed E-state index contributed by atoms with van der Waals surface area (Å²) in [6.07, 6.45) is 2.02. The summed E-state index contributed by atoms with van der Waals surface area (Å²) in [5, 5.41) is 13.5. The molecule has 6 heteroatoms. The van der Waals surface area contributed by atoms with Gasteiger partial charge in [0.15, 0.2) is 0 Å². The van der Waals surface area contributed by atoms with E-state index < -0.39 is 12.0 Å². The van der Waals surface area contributed by atoms with Crippen LogP contribution in [0.15, 0.2) is 0 Å². The molecular formula is C10H19N3O3. The van der Waals surface area contributed by atoms with E-state index >= 15 is 0 Å². The zero-order valence-electron chi connectivity index (χ0n) is 9.53. The zero-order valence-corrected chi connectivity index (χ0v) is 9.53. The number of likely N-dealkylation sites (N-methyl/N-ethyl adjacent to an activating group) is 1. The molecule has 1 aliphatic rings. The summed E-state index contributed by atoms with van der Waals surface area (Å²) in [4.78, 5) is 23.8. The topological polar surface area (TPSA) is 81.7 Å². The number of nitrogens with one attached hydrogen (secondary N) is 2. The number of rotatable bonds is 4. The van der Waals surface area contributed by atoms with Crippen LogP contribution >= 0.6 is 0 Å². The van der Waals surface area contributed by atoms with E-state index in [-0.39, 0.29) is 12.6 Å². The lowest BCUT2D eigenvalue weighted by Crippen LogP contribution is -2.51. The van der Waals surface area contributed by atoms with Crippen LogP contribution in [0.25, 0.3) is 0 Å². The normalized spacial score (nSPS) is 21.4. The number of likely N-dealkylation sites (tertiary alicyclic amines) is 1. The van der Waals surface area contributed by atoms with Gasteiger partial charge in [0.05, 0.1) is 0 Å². The van der Waals surface area contributed by atoms with Gasteiger partial charge in [0, 0.05) is 12.6 Å². The fraction of sp³-hybridized carbons (Fsp3) is 0.800. The molecular weight excluding hydrogens is 210 g/mol. The fourth-order valence-corrected chi connectivity index (χ4v) is 1.85. The number of hydrogen-bond donors (Lipinski definition) is 3. The van der Waals surface area contributed by atoms with Crippen molar-refractivity contribution in [1.29, 1.82) is 0 Å². The molecule has 1 saturated heterocycles. The predicted octanol–water partition coefficient (Wildman–Crippen LogP) is -0.145. The lowest BCUT2D eigenvalue weighted by Gasteiger charge is -2.32.